The average Bonchev–Trinajstić information content (AvgIpc) is 2.97. The molecule has 0 bridgehead atoms. The normalized spacial score (nSPS) is 14.4. The fraction of sp³-hybridized carbons (Fsp3) is 0.806. The standard InChI is InChI=1S/C36H67NO4/c1-3-5-7-9-11-13-15-16-17-18-19-20-21-23-25-27-29-31-35(40)37-33(32-38)36(41)34(39)30-28-26-24-22-14-12-10-8-6-4-2/h11,13,16-17,22,24,33-34,36,38-39,41H,3-10,12,14-15,18-21,23,25-32H2,1-2H3,(H,37,40)/b13-11-,17-16-,24-22+. The van der Waals surface area contributed by atoms with Crippen molar-refractivity contribution in [3.05, 3.63) is 36.5 Å². The predicted molar refractivity (Wildman–Crippen MR) is 176 cm³/mol. The van der Waals surface area contributed by atoms with Crippen molar-refractivity contribution in [3.63, 3.8) is 0 Å². The van der Waals surface area contributed by atoms with E-state index in [1.54, 1.807) is 0 Å². The van der Waals surface area contributed by atoms with Gasteiger partial charge in [-0.05, 0) is 70.6 Å². The number of carbonyl (C=O) groups is 1. The number of hydrogen-bond donors (Lipinski definition) is 4. The molecule has 0 aromatic rings. The van der Waals surface area contributed by atoms with Gasteiger partial charge in [0.25, 0.3) is 0 Å². The van der Waals surface area contributed by atoms with Crippen molar-refractivity contribution < 1.29 is 20.1 Å². The molecule has 0 radical (unpaired) electrons. The molecular formula is C36H67NO4. The number of hydrogen-bond acceptors (Lipinski definition) is 4. The highest BCUT2D eigenvalue weighted by atomic mass is 16.3. The van der Waals surface area contributed by atoms with Crippen molar-refractivity contribution in [2.45, 2.75) is 180 Å². The number of aliphatic hydroxyl groups excluding tert-OH is 3. The van der Waals surface area contributed by atoms with E-state index in [1.165, 1.54) is 83.5 Å². The van der Waals surface area contributed by atoms with Gasteiger partial charge in [-0.1, -0.05) is 121 Å². The summed E-state index contributed by atoms with van der Waals surface area (Å²) in [6.07, 6.45) is 36.6. The monoisotopic (exact) mass is 578 g/mol. The Bertz CT molecular complexity index is 645. The summed E-state index contributed by atoms with van der Waals surface area (Å²) in [5, 5.41) is 33.2. The van der Waals surface area contributed by atoms with Crippen LogP contribution in [0.4, 0.5) is 0 Å². The molecule has 41 heavy (non-hydrogen) atoms. The average molecular weight is 578 g/mol. The van der Waals surface area contributed by atoms with Crippen molar-refractivity contribution in [2.24, 2.45) is 0 Å². The summed E-state index contributed by atoms with van der Waals surface area (Å²) in [7, 11) is 0. The first kappa shape index (κ1) is 39.6. The van der Waals surface area contributed by atoms with E-state index in [-0.39, 0.29) is 12.5 Å². The lowest BCUT2D eigenvalue weighted by atomic mass is 10.0. The molecule has 5 heteroatoms. The molecule has 5 nitrogen and oxygen atoms in total. The first-order chi connectivity index (χ1) is 20.1. The fourth-order valence-electron chi connectivity index (χ4n) is 4.95. The SMILES string of the molecule is CCCCC/C=C\C/C=C\CCCCCCCCCC(=O)NC(CO)C(O)C(O)CCC/C=C/CCCCCCC. The van der Waals surface area contributed by atoms with Crippen LogP contribution in [0.25, 0.3) is 0 Å². The van der Waals surface area contributed by atoms with Gasteiger partial charge >= 0.3 is 0 Å². The zero-order chi connectivity index (χ0) is 30.2. The van der Waals surface area contributed by atoms with Crippen LogP contribution >= 0.6 is 0 Å². The zero-order valence-electron chi connectivity index (χ0n) is 26.9. The van der Waals surface area contributed by atoms with E-state index in [0.717, 1.165) is 51.4 Å². The van der Waals surface area contributed by atoms with Crippen LogP contribution in [-0.2, 0) is 4.79 Å². The van der Waals surface area contributed by atoms with Gasteiger partial charge in [0, 0.05) is 6.42 Å². The molecule has 0 saturated carbocycles. The lowest BCUT2D eigenvalue weighted by Gasteiger charge is -2.26. The van der Waals surface area contributed by atoms with Crippen LogP contribution in [-0.4, -0.2) is 46.1 Å². The number of carbonyl (C=O) groups excluding carboxylic acids is 1. The molecular weight excluding hydrogens is 510 g/mol. The second kappa shape index (κ2) is 31.5. The van der Waals surface area contributed by atoms with Crippen LogP contribution in [0.15, 0.2) is 36.5 Å². The lowest BCUT2D eigenvalue weighted by molar-refractivity contribution is -0.124. The second-order valence-corrected chi connectivity index (χ2v) is 11.7. The van der Waals surface area contributed by atoms with Gasteiger partial charge in [-0.2, -0.15) is 0 Å². The van der Waals surface area contributed by atoms with E-state index in [2.05, 4.69) is 55.6 Å². The summed E-state index contributed by atoms with van der Waals surface area (Å²) in [5.74, 6) is -0.167. The number of unbranched alkanes of at least 4 members (excludes halogenated alkanes) is 16. The Morgan fingerprint density at radius 2 is 1.05 bits per heavy atom. The topological polar surface area (TPSA) is 89.8 Å². The van der Waals surface area contributed by atoms with Crippen molar-refractivity contribution in [3.8, 4) is 0 Å². The predicted octanol–water partition coefficient (Wildman–Crippen LogP) is 8.87. The second-order valence-electron chi connectivity index (χ2n) is 11.7. The molecule has 0 aliphatic rings. The molecule has 0 aromatic heterocycles. The van der Waals surface area contributed by atoms with Crippen molar-refractivity contribution in [1.29, 1.82) is 0 Å². The van der Waals surface area contributed by atoms with Crippen molar-refractivity contribution in [2.75, 3.05) is 6.61 Å². The Hall–Kier alpha value is -1.43. The molecule has 0 saturated heterocycles. The summed E-state index contributed by atoms with van der Waals surface area (Å²) >= 11 is 0. The molecule has 0 aliphatic heterocycles. The molecule has 0 aliphatic carbocycles. The molecule has 3 unspecified atom stereocenters. The Kier molecular flexibility index (Phi) is 30.4. The van der Waals surface area contributed by atoms with E-state index < -0.39 is 18.2 Å². The van der Waals surface area contributed by atoms with Gasteiger partial charge in [0.1, 0.15) is 6.10 Å². The van der Waals surface area contributed by atoms with Gasteiger partial charge in [-0.25, -0.2) is 0 Å². The molecule has 240 valence electrons. The maximum absolute atomic E-state index is 12.3. The maximum Gasteiger partial charge on any atom is 0.220 e. The van der Waals surface area contributed by atoms with Crippen LogP contribution in [0.2, 0.25) is 0 Å². The molecule has 0 spiro atoms. The largest absolute Gasteiger partial charge is 0.394 e. The van der Waals surface area contributed by atoms with Gasteiger partial charge in [0.2, 0.25) is 5.91 Å². The van der Waals surface area contributed by atoms with Gasteiger partial charge in [-0.15, -0.1) is 0 Å². The minimum Gasteiger partial charge on any atom is -0.394 e. The van der Waals surface area contributed by atoms with E-state index in [4.69, 9.17) is 0 Å². The summed E-state index contributed by atoms with van der Waals surface area (Å²) in [5.41, 5.74) is 0. The molecule has 0 heterocycles. The Balaban J connectivity index is 3.76. The summed E-state index contributed by atoms with van der Waals surface area (Å²) in [6, 6.07) is -0.827. The third kappa shape index (κ3) is 27.2. The molecule has 3 atom stereocenters. The van der Waals surface area contributed by atoms with Gasteiger partial charge in [0.15, 0.2) is 0 Å². The number of aliphatic hydroxyl groups is 3. The van der Waals surface area contributed by atoms with Gasteiger partial charge in [-0.3, -0.25) is 4.79 Å². The van der Waals surface area contributed by atoms with Crippen LogP contribution in [0.1, 0.15) is 162 Å². The minimum atomic E-state index is -1.16. The molecule has 0 rings (SSSR count). The lowest BCUT2D eigenvalue weighted by Crippen LogP contribution is -2.50. The van der Waals surface area contributed by atoms with Crippen molar-refractivity contribution >= 4 is 5.91 Å². The molecule has 4 N–H and O–H groups in total. The number of nitrogens with one attached hydrogen (secondary N) is 1. The van der Waals surface area contributed by atoms with E-state index in [1.807, 2.05) is 0 Å². The molecule has 0 aromatic carbocycles. The fourth-order valence-corrected chi connectivity index (χ4v) is 4.95. The Morgan fingerprint density at radius 1 is 0.610 bits per heavy atom. The molecule has 0 fully saturated rings. The van der Waals surface area contributed by atoms with Crippen LogP contribution < -0.4 is 5.32 Å². The summed E-state index contributed by atoms with van der Waals surface area (Å²) < 4.78 is 0. The highest BCUT2D eigenvalue weighted by molar-refractivity contribution is 5.76. The molecule has 1 amide bonds. The summed E-state index contributed by atoms with van der Waals surface area (Å²) in [4.78, 5) is 12.3. The number of rotatable bonds is 30. The van der Waals surface area contributed by atoms with Gasteiger partial charge in [0.05, 0.1) is 18.8 Å². The summed E-state index contributed by atoms with van der Waals surface area (Å²) in [6.45, 7) is 4.08. The Morgan fingerprint density at radius 3 is 1.61 bits per heavy atom. The quantitative estimate of drug-likeness (QED) is 0.0507. The Labute approximate surface area is 254 Å². The first-order valence-corrected chi connectivity index (χ1v) is 17.3. The van der Waals surface area contributed by atoms with Crippen molar-refractivity contribution in [1.82, 2.24) is 5.32 Å². The van der Waals surface area contributed by atoms with E-state index >= 15 is 0 Å². The van der Waals surface area contributed by atoms with E-state index in [9.17, 15) is 20.1 Å². The highest BCUT2D eigenvalue weighted by Crippen LogP contribution is 2.13. The number of amides is 1. The maximum atomic E-state index is 12.3. The number of allylic oxidation sites excluding steroid dienone is 6. The first-order valence-electron chi connectivity index (χ1n) is 17.3. The minimum absolute atomic E-state index is 0.167. The highest BCUT2D eigenvalue weighted by Gasteiger charge is 2.26. The van der Waals surface area contributed by atoms with Crippen LogP contribution in [0.3, 0.4) is 0 Å². The van der Waals surface area contributed by atoms with Crippen LogP contribution in [0, 0.1) is 0 Å². The van der Waals surface area contributed by atoms with Gasteiger partial charge < -0.3 is 20.6 Å². The third-order valence-corrected chi connectivity index (χ3v) is 7.72. The van der Waals surface area contributed by atoms with E-state index in [0.29, 0.717) is 12.8 Å². The smallest absolute Gasteiger partial charge is 0.220 e. The zero-order valence-corrected chi connectivity index (χ0v) is 26.9. The third-order valence-electron chi connectivity index (χ3n) is 7.72. The van der Waals surface area contributed by atoms with Crippen LogP contribution in [0.5, 0.6) is 0 Å².